The molecule has 3 rings (SSSR count). The summed E-state index contributed by atoms with van der Waals surface area (Å²) >= 11 is 1.63. The van der Waals surface area contributed by atoms with Crippen LogP contribution in [0.1, 0.15) is 20.9 Å². The second-order valence-electron chi connectivity index (χ2n) is 5.19. The van der Waals surface area contributed by atoms with E-state index in [2.05, 4.69) is 15.1 Å². The Kier molecular flexibility index (Phi) is 4.47. The highest BCUT2D eigenvalue weighted by atomic mass is 32.1. The van der Waals surface area contributed by atoms with Crippen LogP contribution in [0.15, 0.2) is 42.4 Å². The molecule has 0 N–H and O–H groups in total. The minimum absolute atomic E-state index is 0.0294. The van der Waals surface area contributed by atoms with E-state index in [9.17, 15) is 4.79 Å². The van der Waals surface area contributed by atoms with Gasteiger partial charge in [-0.05, 0) is 19.1 Å². The number of carbonyl (C=O) groups is 1. The summed E-state index contributed by atoms with van der Waals surface area (Å²) in [5, 5.41) is 4.12. The molecule has 3 aromatic rings. The zero-order valence-corrected chi connectivity index (χ0v) is 13.8. The molecule has 0 saturated carbocycles. The number of aryl methyl sites for hydroxylation is 1. The Balaban J connectivity index is 1.76. The molecule has 118 valence electrons. The molecule has 7 heteroatoms. The van der Waals surface area contributed by atoms with E-state index in [4.69, 9.17) is 0 Å². The van der Waals surface area contributed by atoms with Gasteiger partial charge in [0.2, 0.25) is 0 Å². The number of amides is 1. The maximum absolute atomic E-state index is 12.8. The highest BCUT2D eigenvalue weighted by molar-refractivity contribution is 7.09. The summed E-state index contributed by atoms with van der Waals surface area (Å²) in [6, 6.07) is 7.42. The van der Waals surface area contributed by atoms with E-state index in [0.717, 1.165) is 17.8 Å². The number of nitrogens with zero attached hydrogens (tertiary/aromatic N) is 5. The molecule has 0 unspecified atom stereocenters. The number of para-hydroxylation sites is 1. The lowest BCUT2D eigenvalue weighted by molar-refractivity contribution is 0.0796. The van der Waals surface area contributed by atoms with E-state index >= 15 is 0 Å². The molecule has 0 aliphatic rings. The van der Waals surface area contributed by atoms with Crippen LogP contribution in [0, 0.1) is 6.92 Å². The van der Waals surface area contributed by atoms with Crippen LogP contribution >= 0.6 is 11.3 Å². The molecule has 0 spiro atoms. The van der Waals surface area contributed by atoms with Crippen LogP contribution in [0.25, 0.3) is 5.69 Å². The van der Waals surface area contributed by atoms with Gasteiger partial charge < -0.3 is 4.90 Å². The minimum Gasteiger partial charge on any atom is -0.341 e. The average molecular weight is 327 g/mol. The van der Waals surface area contributed by atoms with Crippen molar-refractivity contribution in [3.63, 3.8) is 0 Å². The minimum atomic E-state index is -0.0294. The fourth-order valence-corrected chi connectivity index (χ4v) is 3.10. The van der Waals surface area contributed by atoms with Crippen LogP contribution in [-0.2, 0) is 6.42 Å². The molecule has 6 nitrogen and oxygen atoms in total. The van der Waals surface area contributed by atoms with Gasteiger partial charge in [-0.3, -0.25) is 4.79 Å². The monoisotopic (exact) mass is 327 g/mol. The fraction of sp³-hybridized carbons (Fsp3) is 0.250. The van der Waals surface area contributed by atoms with E-state index in [0.29, 0.717) is 12.1 Å². The molecule has 0 fully saturated rings. The molecule has 0 aliphatic heterocycles. The Labute approximate surface area is 138 Å². The van der Waals surface area contributed by atoms with Gasteiger partial charge in [-0.2, -0.15) is 5.10 Å². The normalized spacial score (nSPS) is 10.7. The smallest absolute Gasteiger partial charge is 0.255 e. The first kappa shape index (κ1) is 15.4. The maximum Gasteiger partial charge on any atom is 0.255 e. The fourth-order valence-electron chi connectivity index (χ4n) is 2.33. The van der Waals surface area contributed by atoms with Crippen LogP contribution in [0.3, 0.4) is 0 Å². The Morgan fingerprint density at radius 3 is 2.87 bits per heavy atom. The van der Waals surface area contributed by atoms with Crippen LogP contribution in [-0.4, -0.2) is 44.1 Å². The van der Waals surface area contributed by atoms with Crippen LogP contribution in [0.5, 0.6) is 0 Å². The van der Waals surface area contributed by atoms with Crippen molar-refractivity contribution in [2.24, 2.45) is 0 Å². The Hall–Kier alpha value is -2.54. The molecule has 1 aromatic carbocycles. The zero-order chi connectivity index (χ0) is 16.2. The quantitative estimate of drug-likeness (QED) is 0.721. The van der Waals surface area contributed by atoms with Crippen molar-refractivity contribution >= 4 is 17.2 Å². The van der Waals surface area contributed by atoms with E-state index in [-0.39, 0.29) is 5.91 Å². The lowest BCUT2D eigenvalue weighted by atomic mass is 10.1. The third kappa shape index (κ3) is 3.29. The van der Waals surface area contributed by atoms with Gasteiger partial charge in [-0.15, -0.1) is 11.3 Å². The SMILES string of the molecule is Cc1ncsc1CCN(C)C(=O)c1ccccc1-n1cncn1. The molecule has 23 heavy (non-hydrogen) atoms. The molecule has 1 amide bonds. The lowest BCUT2D eigenvalue weighted by Crippen LogP contribution is -2.29. The highest BCUT2D eigenvalue weighted by Crippen LogP contribution is 2.17. The first-order valence-electron chi connectivity index (χ1n) is 7.25. The molecule has 0 atom stereocenters. The Bertz CT molecular complexity index is 796. The van der Waals surface area contributed by atoms with Gasteiger partial charge >= 0.3 is 0 Å². The highest BCUT2D eigenvalue weighted by Gasteiger charge is 2.17. The molecule has 0 saturated heterocycles. The van der Waals surface area contributed by atoms with Crippen molar-refractivity contribution in [2.75, 3.05) is 13.6 Å². The molecular weight excluding hydrogens is 310 g/mol. The summed E-state index contributed by atoms with van der Waals surface area (Å²) in [6.45, 7) is 2.64. The summed E-state index contributed by atoms with van der Waals surface area (Å²) in [5.74, 6) is -0.0294. The largest absolute Gasteiger partial charge is 0.341 e. The van der Waals surface area contributed by atoms with Crippen molar-refractivity contribution in [3.8, 4) is 5.69 Å². The predicted molar refractivity (Wildman–Crippen MR) is 88.9 cm³/mol. The number of likely N-dealkylation sites (N-methyl/N-ethyl adjacent to an activating group) is 1. The number of hydrogen-bond acceptors (Lipinski definition) is 5. The van der Waals surface area contributed by atoms with Gasteiger partial charge in [0, 0.05) is 24.9 Å². The zero-order valence-electron chi connectivity index (χ0n) is 13.0. The van der Waals surface area contributed by atoms with Crippen LogP contribution in [0.4, 0.5) is 0 Å². The Morgan fingerprint density at radius 1 is 1.35 bits per heavy atom. The molecule has 2 aromatic heterocycles. The first-order chi connectivity index (χ1) is 11.2. The third-order valence-electron chi connectivity index (χ3n) is 3.67. The predicted octanol–water partition coefficient (Wildman–Crippen LogP) is 2.35. The van der Waals surface area contributed by atoms with Gasteiger partial charge in [-0.25, -0.2) is 14.6 Å². The second kappa shape index (κ2) is 6.70. The van der Waals surface area contributed by atoms with Gasteiger partial charge in [0.25, 0.3) is 5.91 Å². The molecule has 0 aliphatic carbocycles. The van der Waals surface area contributed by atoms with Crippen molar-refractivity contribution in [3.05, 3.63) is 58.6 Å². The molecular formula is C16H17N5OS. The van der Waals surface area contributed by atoms with Gasteiger partial charge in [0.1, 0.15) is 12.7 Å². The third-order valence-corrected chi connectivity index (χ3v) is 4.66. The standard InChI is InChI=1S/C16H17N5OS/c1-12-15(23-11-18-12)7-8-20(2)16(22)13-5-3-4-6-14(13)21-10-17-9-19-21/h3-6,9-11H,7-8H2,1-2H3. The Morgan fingerprint density at radius 2 is 2.17 bits per heavy atom. The number of rotatable bonds is 5. The summed E-state index contributed by atoms with van der Waals surface area (Å²) in [7, 11) is 1.82. The van der Waals surface area contributed by atoms with Gasteiger partial charge in [-0.1, -0.05) is 12.1 Å². The van der Waals surface area contributed by atoms with Crippen molar-refractivity contribution in [1.82, 2.24) is 24.6 Å². The van der Waals surface area contributed by atoms with E-state index < -0.39 is 0 Å². The number of benzene rings is 1. The second-order valence-corrected chi connectivity index (χ2v) is 6.13. The van der Waals surface area contributed by atoms with Gasteiger partial charge in [0.15, 0.2) is 0 Å². The van der Waals surface area contributed by atoms with Crippen LogP contribution < -0.4 is 0 Å². The van der Waals surface area contributed by atoms with Crippen LogP contribution in [0.2, 0.25) is 0 Å². The topological polar surface area (TPSA) is 63.9 Å². The van der Waals surface area contributed by atoms with E-state index in [1.165, 1.54) is 11.2 Å². The van der Waals surface area contributed by atoms with Crippen molar-refractivity contribution < 1.29 is 4.79 Å². The summed E-state index contributed by atoms with van der Waals surface area (Å²) in [6.07, 6.45) is 3.86. The number of carbonyl (C=O) groups excluding carboxylic acids is 1. The molecule has 0 bridgehead atoms. The summed E-state index contributed by atoms with van der Waals surface area (Å²) in [5.41, 5.74) is 4.23. The first-order valence-corrected chi connectivity index (χ1v) is 8.13. The number of aromatic nitrogens is 4. The van der Waals surface area contributed by atoms with E-state index in [1.54, 1.807) is 27.2 Å². The number of hydrogen-bond donors (Lipinski definition) is 0. The summed E-state index contributed by atoms with van der Waals surface area (Å²) < 4.78 is 1.61. The van der Waals surface area contributed by atoms with Crippen molar-refractivity contribution in [1.29, 1.82) is 0 Å². The average Bonchev–Trinajstić information content (AvgIpc) is 3.23. The van der Waals surface area contributed by atoms with E-state index in [1.807, 2.05) is 43.7 Å². The maximum atomic E-state index is 12.8. The van der Waals surface area contributed by atoms with Gasteiger partial charge in [0.05, 0.1) is 22.5 Å². The summed E-state index contributed by atoms with van der Waals surface area (Å²) in [4.78, 5) is 23.9. The number of thiazole rings is 1. The van der Waals surface area contributed by atoms with Crippen molar-refractivity contribution in [2.45, 2.75) is 13.3 Å². The lowest BCUT2D eigenvalue weighted by Gasteiger charge is -2.18. The molecule has 0 radical (unpaired) electrons. The molecule has 2 heterocycles.